The van der Waals surface area contributed by atoms with Crippen LogP contribution < -0.4 is 14.8 Å². The number of anilines is 1. The zero-order valence-corrected chi connectivity index (χ0v) is 14.0. The Hall–Kier alpha value is -2.73. The summed E-state index contributed by atoms with van der Waals surface area (Å²) in [5.41, 5.74) is 2.07. The third kappa shape index (κ3) is 3.28. The van der Waals surface area contributed by atoms with E-state index in [0.717, 1.165) is 11.0 Å². The normalized spacial score (nSPS) is 10.6. The summed E-state index contributed by atoms with van der Waals surface area (Å²) in [6.45, 7) is 0.0970. The number of imidazole rings is 1. The molecule has 1 N–H and O–H groups in total. The largest absolute Gasteiger partial charge is 0.497 e. The maximum Gasteiger partial charge on any atom is 0.244 e. The standard InChI is InChI=1S/C17H16ClN3O3/c1-23-12-6-11(7-13(8-12)24-2)20-16(22)9-21-10-19-15-5-3-4-14(18)17(15)21/h3-8,10H,9H2,1-2H3,(H,20,22). The van der Waals surface area contributed by atoms with E-state index in [0.29, 0.717) is 22.2 Å². The highest BCUT2D eigenvalue weighted by Gasteiger charge is 2.11. The second kappa shape index (κ2) is 6.80. The molecular formula is C17H16ClN3O3. The van der Waals surface area contributed by atoms with Crippen molar-refractivity contribution in [2.45, 2.75) is 6.54 Å². The number of benzene rings is 2. The van der Waals surface area contributed by atoms with Crippen molar-refractivity contribution in [3.8, 4) is 11.5 Å². The summed E-state index contributed by atoms with van der Waals surface area (Å²) in [4.78, 5) is 16.6. The number of aromatic nitrogens is 2. The summed E-state index contributed by atoms with van der Waals surface area (Å²) in [5, 5.41) is 3.38. The lowest BCUT2D eigenvalue weighted by Crippen LogP contribution is -2.18. The van der Waals surface area contributed by atoms with Crippen molar-refractivity contribution in [2.75, 3.05) is 19.5 Å². The van der Waals surface area contributed by atoms with Crippen molar-refractivity contribution in [3.05, 3.63) is 47.7 Å². The van der Waals surface area contributed by atoms with Crippen LogP contribution in [-0.2, 0) is 11.3 Å². The van der Waals surface area contributed by atoms with Crippen LogP contribution in [0.4, 0.5) is 5.69 Å². The van der Waals surface area contributed by atoms with E-state index in [-0.39, 0.29) is 12.5 Å². The van der Waals surface area contributed by atoms with E-state index in [2.05, 4.69) is 10.3 Å². The molecule has 3 aromatic rings. The molecule has 0 radical (unpaired) electrons. The van der Waals surface area contributed by atoms with Gasteiger partial charge in [-0.05, 0) is 12.1 Å². The molecule has 2 aromatic carbocycles. The molecule has 24 heavy (non-hydrogen) atoms. The van der Waals surface area contributed by atoms with Crippen molar-refractivity contribution in [1.82, 2.24) is 9.55 Å². The van der Waals surface area contributed by atoms with Gasteiger partial charge in [0.25, 0.3) is 0 Å². The molecule has 0 fully saturated rings. The SMILES string of the molecule is COc1cc(NC(=O)Cn2cnc3cccc(Cl)c32)cc(OC)c1. The van der Waals surface area contributed by atoms with Gasteiger partial charge in [-0.2, -0.15) is 0 Å². The first kappa shape index (κ1) is 16.1. The van der Waals surface area contributed by atoms with Gasteiger partial charge in [-0.15, -0.1) is 0 Å². The van der Waals surface area contributed by atoms with Crippen LogP contribution in [0.1, 0.15) is 0 Å². The molecule has 0 aliphatic carbocycles. The van der Waals surface area contributed by atoms with Crippen LogP contribution in [-0.4, -0.2) is 29.7 Å². The molecule has 3 rings (SSSR count). The maximum atomic E-state index is 12.3. The number of halogens is 1. The van der Waals surface area contributed by atoms with Gasteiger partial charge in [0, 0.05) is 23.9 Å². The van der Waals surface area contributed by atoms with Gasteiger partial charge >= 0.3 is 0 Å². The summed E-state index contributed by atoms with van der Waals surface area (Å²) in [6.07, 6.45) is 1.60. The minimum atomic E-state index is -0.204. The molecule has 7 heteroatoms. The third-order valence-electron chi connectivity index (χ3n) is 3.54. The maximum absolute atomic E-state index is 12.3. The molecule has 0 spiro atoms. The number of hydrogen-bond acceptors (Lipinski definition) is 4. The average Bonchev–Trinajstić information content (AvgIpc) is 2.98. The lowest BCUT2D eigenvalue weighted by molar-refractivity contribution is -0.116. The molecule has 1 aromatic heterocycles. The highest BCUT2D eigenvalue weighted by atomic mass is 35.5. The summed E-state index contributed by atoms with van der Waals surface area (Å²) in [6, 6.07) is 10.6. The van der Waals surface area contributed by atoms with E-state index >= 15 is 0 Å². The quantitative estimate of drug-likeness (QED) is 0.770. The number of carbonyl (C=O) groups is 1. The molecule has 0 aliphatic rings. The van der Waals surface area contributed by atoms with Crippen LogP contribution in [0.3, 0.4) is 0 Å². The van der Waals surface area contributed by atoms with Gasteiger partial charge in [0.1, 0.15) is 18.0 Å². The number of amides is 1. The van der Waals surface area contributed by atoms with Crippen molar-refractivity contribution in [3.63, 3.8) is 0 Å². The zero-order valence-electron chi connectivity index (χ0n) is 13.2. The molecule has 0 saturated carbocycles. The van der Waals surface area contributed by atoms with E-state index < -0.39 is 0 Å². The molecule has 0 bridgehead atoms. The Morgan fingerprint density at radius 3 is 2.58 bits per heavy atom. The Morgan fingerprint density at radius 1 is 1.21 bits per heavy atom. The summed E-state index contributed by atoms with van der Waals surface area (Å²) in [7, 11) is 3.11. The fraction of sp³-hybridized carbons (Fsp3) is 0.176. The summed E-state index contributed by atoms with van der Waals surface area (Å²) >= 11 is 6.20. The lowest BCUT2D eigenvalue weighted by Gasteiger charge is -2.10. The van der Waals surface area contributed by atoms with Gasteiger partial charge < -0.3 is 19.4 Å². The molecule has 0 atom stereocenters. The van der Waals surface area contributed by atoms with Crippen LogP contribution in [0.25, 0.3) is 11.0 Å². The van der Waals surface area contributed by atoms with E-state index in [4.69, 9.17) is 21.1 Å². The molecule has 6 nitrogen and oxygen atoms in total. The molecule has 124 valence electrons. The van der Waals surface area contributed by atoms with E-state index in [9.17, 15) is 4.79 Å². The molecular weight excluding hydrogens is 330 g/mol. The van der Waals surface area contributed by atoms with E-state index in [1.54, 1.807) is 49.4 Å². The Morgan fingerprint density at radius 2 is 1.92 bits per heavy atom. The van der Waals surface area contributed by atoms with Gasteiger partial charge in [-0.1, -0.05) is 17.7 Å². The summed E-state index contributed by atoms with van der Waals surface area (Å²) in [5.74, 6) is 0.992. The predicted molar refractivity (Wildman–Crippen MR) is 92.9 cm³/mol. The lowest BCUT2D eigenvalue weighted by atomic mass is 10.2. The fourth-order valence-corrected chi connectivity index (χ4v) is 2.71. The molecule has 1 heterocycles. The van der Waals surface area contributed by atoms with Crippen molar-refractivity contribution in [2.24, 2.45) is 0 Å². The Balaban J connectivity index is 1.80. The molecule has 1 amide bonds. The Kier molecular flexibility index (Phi) is 4.57. The van der Waals surface area contributed by atoms with Gasteiger partial charge in [-0.25, -0.2) is 4.98 Å². The van der Waals surface area contributed by atoms with Crippen LogP contribution >= 0.6 is 11.6 Å². The number of methoxy groups -OCH3 is 2. The second-order valence-corrected chi connectivity index (χ2v) is 5.54. The Bertz CT molecular complexity index is 870. The number of ether oxygens (including phenoxy) is 2. The van der Waals surface area contributed by atoms with Gasteiger partial charge in [0.2, 0.25) is 5.91 Å². The van der Waals surface area contributed by atoms with Crippen molar-refractivity contribution >= 4 is 34.2 Å². The summed E-state index contributed by atoms with van der Waals surface area (Å²) < 4.78 is 12.1. The highest BCUT2D eigenvalue weighted by molar-refractivity contribution is 6.35. The van der Waals surface area contributed by atoms with E-state index in [1.807, 2.05) is 12.1 Å². The highest BCUT2D eigenvalue weighted by Crippen LogP contribution is 2.26. The number of hydrogen-bond donors (Lipinski definition) is 1. The zero-order chi connectivity index (χ0) is 17.1. The fourth-order valence-electron chi connectivity index (χ4n) is 2.44. The van der Waals surface area contributed by atoms with Gasteiger partial charge in [0.05, 0.1) is 36.6 Å². The number of carbonyl (C=O) groups excluding carboxylic acids is 1. The number of para-hydroxylation sites is 1. The number of rotatable bonds is 5. The molecule has 0 aliphatic heterocycles. The molecule has 0 unspecified atom stereocenters. The third-order valence-corrected chi connectivity index (χ3v) is 3.84. The van der Waals surface area contributed by atoms with Crippen LogP contribution in [0.5, 0.6) is 11.5 Å². The van der Waals surface area contributed by atoms with Crippen LogP contribution in [0, 0.1) is 0 Å². The van der Waals surface area contributed by atoms with E-state index in [1.165, 1.54) is 0 Å². The average molecular weight is 346 g/mol. The smallest absolute Gasteiger partial charge is 0.244 e. The van der Waals surface area contributed by atoms with Crippen LogP contribution in [0.2, 0.25) is 5.02 Å². The first-order valence-corrected chi connectivity index (χ1v) is 7.61. The molecule has 0 saturated heterocycles. The minimum absolute atomic E-state index is 0.0970. The monoisotopic (exact) mass is 345 g/mol. The van der Waals surface area contributed by atoms with Gasteiger partial charge in [-0.3, -0.25) is 4.79 Å². The number of fused-ring (bicyclic) bond motifs is 1. The predicted octanol–water partition coefficient (Wildman–Crippen LogP) is 3.35. The first-order valence-electron chi connectivity index (χ1n) is 7.23. The Labute approximate surface area is 144 Å². The minimum Gasteiger partial charge on any atom is -0.497 e. The van der Waals surface area contributed by atoms with Crippen LogP contribution in [0.15, 0.2) is 42.7 Å². The topological polar surface area (TPSA) is 65.4 Å². The van der Waals surface area contributed by atoms with Gasteiger partial charge in [0.15, 0.2) is 0 Å². The van der Waals surface area contributed by atoms with Crippen molar-refractivity contribution in [1.29, 1.82) is 0 Å². The van der Waals surface area contributed by atoms with Crippen molar-refractivity contribution < 1.29 is 14.3 Å². The number of nitrogens with one attached hydrogen (secondary N) is 1. The second-order valence-electron chi connectivity index (χ2n) is 5.13. The first-order chi connectivity index (χ1) is 11.6. The number of nitrogens with zero attached hydrogens (tertiary/aromatic N) is 2.